The minimum Gasteiger partial charge on any atom is -0.390 e. The van der Waals surface area contributed by atoms with Crippen LogP contribution in [-0.2, 0) is 14.3 Å². The summed E-state index contributed by atoms with van der Waals surface area (Å²) >= 11 is 0. The van der Waals surface area contributed by atoms with Gasteiger partial charge in [0.1, 0.15) is 6.04 Å². The van der Waals surface area contributed by atoms with Gasteiger partial charge in [0.2, 0.25) is 5.91 Å². The summed E-state index contributed by atoms with van der Waals surface area (Å²) in [5.74, 6) is -0.304. The van der Waals surface area contributed by atoms with Gasteiger partial charge in [0.25, 0.3) is 0 Å². The number of aliphatic hydroxyl groups is 1. The van der Waals surface area contributed by atoms with Crippen molar-refractivity contribution >= 4 is 5.91 Å². The van der Waals surface area contributed by atoms with Crippen LogP contribution in [0.2, 0.25) is 0 Å². The van der Waals surface area contributed by atoms with Crippen molar-refractivity contribution in [3.63, 3.8) is 0 Å². The van der Waals surface area contributed by atoms with Crippen molar-refractivity contribution in [2.24, 2.45) is 5.11 Å². The molecule has 2 N–H and O–H groups in total. The molecular weight excluding hydrogens is 216 g/mol. The average Bonchev–Trinajstić information content (AvgIpc) is 2.65. The Labute approximate surface area is 91.1 Å². The lowest BCUT2D eigenvalue weighted by Gasteiger charge is -2.36. The first kappa shape index (κ1) is 11.2. The van der Waals surface area contributed by atoms with Crippen molar-refractivity contribution < 1.29 is 19.4 Å². The normalized spacial score (nSPS) is 41.2. The van der Waals surface area contributed by atoms with Gasteiger partial charge in [0, 0.05) is 11.8 Å². The Balaban J connectivity index is 2.18. The van der Waals surface area contributed by atoms with Crippen LogP contribution in [0.3, 0.4) is 0 Å². The molecule has 2 saturated heterocycles. The molecule has 2 fully saturated rings. The Bertz CT molecular complexity index is 343. The zero-order chi connectivity index (χ0) is 11.7. The van der Waals surface area contributed by atoms with Crippen molar-refractivity contribution in [1.82, 2.24) is 5.32 Å². The van der Waals surface area contributed by atoms with Crippen LogP contribution in [0.1, 0.15) is 6.92 Å². The lowest BCUT2D eigenvalue weighted by Crippen LogP contribution is -2.59. The van der Waals surface area contributed by atoms with Gasteiger partial charge < -0.3 is 19.9 Å². The van der Waals surface area contributed by atoms with E-state index in [4.69, 9.17) is 15.0 Å². The Morgan fingerprint density at radius 1 is 1.69 bits per heavy atom. The maximum Gasteiger partial charge on any atom is 0.217 e. The summed E-state index contributed by atoms with van der Waals surface area (Å²) < 4.78 is 10.6. The van der Waals surface area contributed by atoms with Gasteiger partial charge in [-0.2, -0.15) is 0 Å². The number of carbonyl (C=O) groups is 1. The molecule has 2 heterocycles. The molecule has 2 aliphatic heterocycles. The van der Waals surface area contributed by atoms with Crippen LogP contribution >= 0.6 is 0 Å². The van der Waals surface area contributed by atoms with Gasteiger partial charge >= 0.3 is 0 Å². The summed E-state index contributed by atoms with van der Waals surface area (Å²) in [7, 11) is 0. The predicted octanol–water partition coefficient (Wildman–Crippen LogP) is -0.714. The van der Waals surface area contributed by atoms with E-state index in [2.05, 4.69) is 15.3 Å². The minimum atomic E-state index is -0.994. The number of carbonyl (C=O) groups excluding carboxylic acids is 1. The molecule has 1 amide bonds. The van der Waals surface area contributed by atoms with Crippen molar-refractivity contribution in [1.29, 1.82) is 0 Å². The molecule has 1 unspecified atom stereocenters. The van der Waals surface area contributed by atoms with Gasteiger partial charge in [0.15, 0.2) is 6.29 Å². The number of fused-ring (bicyclic) bond motifs is 2. The molecule has 0 aliphatic carbocycles. The maximum atomic E-state index is 11.0. The van der Waals surface area contributed by atoms with Gasteiger partial charge in [-0.25, -0.2) is 0 Å². The topological polar surface area (TPSA) is 117 Å². The molecule has 5 atom stereocenters. The Kier molecular flexibility index (Phi) is 2.97. The third kappa shape index (κ3) is 1.83. The van der Waals surface area contributed by atoms with Gasteiger partial charge in [0.05, 0.1) is 24.9 Å². The smallest absolute Gasteiger partial charge is 0.217 e. The van der Waals surface area contributed by atoms with E-state index in [0.717, 1.165) is 0 Å². The van der Waals surface area contributed by atoms with E-state index in [1.54, 1.807) is 0 Å². The second-order valence-electron chi connectivity index (χ2n) is 3.79. The number of hydrogen-bond acceptors (Lipinski definition) is 5. The molecule has 2 rings (SSSR count). The molecule has 16 heavy (non-hydrogen) atoms. The zero-order valence-corrected chi connectivity index (χ0v) is 8.61. The number of ether oxygens (including phenoxy) is 2. The highest BCUT2D eigenvalue weighted by Gasteiger charge is 2.50. The molecule has 0 radical (unpaired) electrons. The molecule has 0 saturated carbocycles. The largest absolute Gasteiger partial charge is 0.390 e. The van der Waals surface area contributed by atoms with Crippen molar-refractivity contribution in [3.05, 3.63) is 10.4 Å². The molecule has 2 aliphatic rings. The van der Waals surface area contributed by atoms with Crippen LogP contribution in [-0.4, -0.2) is 48.2 Å². The second kappa shape index (κ2) is 4.26. The lowest BCUT2D eigenvalue weighted by molar-refractivity contribution is -0.154. The molecular formula is C8H12N4O4. The van der Waals surface area contributed by atoms with Crippen LogP contribution in [0.5, 0.6) is 0 Å². The third-order valence-corrected chi connectivity index (χ3v) is 2.68. The van der Waals surface area contributed by atoms with E-state index in [1.807, 2.05) is 0 Å². The lowest BCUT2D eigenvalue weighted by atomic mass is 9.97. The summed E-state index contributed by atoms with van der Waals surface area (Å²) in [4.78, 5) is 13.6. The molecule has 88 valence electrons. The van der Waals surface area contributed by atoms with E-state index in [0.29, 0.717) is 0 Å². The van der Waals surface area contributed by atoms with Crippen LogP contribution in [0.4, 0.5) is 0 Å². The fraction of sp³-hybridized carbons (Fsp3) is 0.875. The Morgan fingerprint density at radius 3 is 3.06 bits per heavy atom. The summed E-state index contributed by atoms with van der Waals surface area (Å²) in [5.41, 5.74) is 8.39. The van der Waals surface area contributed by atoms with Gasteiger partial charge in [-0.3, -0.25) is 4.79 Å². The fourth-order valence-electron chi connectivity index (χ4n) is 1.99. The first-order chi connectivity index (χ1) is 7.63. The highest BCUT2D eigenvalue weighted by molar-refractivity contribution is 5.73. The SMILES string of the molecule is CC(=O)N[C@@H]1C2OC[C@@H](O2)[C@@H](N=[N+]=[N-])[C@@H]1O. The monoisotopic (exact) mass is 228 g/mol. The molecule has 2 bridgehead atoms. The predicted molar refractivity (Wildman–Crippen MR) is 51.2 cm³/mol. The highest BCUT2D eigenvalue weighted by Crippen LogP contribution is 2.30. The number of amides is 1. The third-order valence-electron chi connectivity index (χ3n) is 2.68. The summed E-state index contributed by atoms with van der Waals surface area (Å²) in [6, 6.07) is -1.44. The van der Waals surface area contributed by atoms with E-state index in [9.17, 15) is 9.90 Å². The average molecular weight is 228 g/mol. The fourth-order valence-corrected chi connectivity index (χ4v) is 1.99. The first-order valence-electron chi connectivity index (χ1n) is 4.90. The van der Waals surface area contributed by atoms with Crippen LogP contribution in [0, 0.1) is 0 Å². The molecule has 8 heteroatoms. The van der Waals surface area contributed by atoms with Crippen LogP contribution < -0.4 is 5.32 Å². The van der Waals surface area contributed by atoms with Crippen molar-refractivity contribution in [2.45, 2.75) is 37.5 Å². The Morgan fingerprint density at radius 2 is 2.44 bits per heavy atom. The molecule has 0 aromatic heterocycles. The number of nitrogens with one attached hydrogen (secondary N) is 1. The van der Waals surface area contributed by atoms with E-state index < -0.39 is 30.6 Å². The Hall–Kier alpha value is -1.34. The summed E-state index contributed by atoms with van der Waals surface area (Å²) in [6.45, 7) is 1.58. The number of aliphatic hydroxyl groups excluding tert-OH is 1. The standard InChI is InChI=1S/C8H12N4O4/c1-3(13)10-6-7(14)5(11-12-9)4-2-15-8(6)16-4/h4-8,14H,2H2,1H3,(H,10,13)/t4-,5-,6+,7+,8?/m1/s1. The molecule has 0 aromatic carbocycles. The number of rotatable bonds is 2. The van der Waals surface area contributed by atoms with Crippen LogP contribution in [0.25, 0.3) is 10.4 Å². The van der Waals surface area contributed by atoms with Crippen LogP contribution in [0.15, 0.2) is 5.11 Å². The quantitative estimate of drug-likeness (QED) is 0.368. The second-order valence-corrected chi connectivity index (χ2v) is 3.79. The number of azide groups is 1. The van der Waals surface area contributed by atoms with Crippen molar-refractivity contribution in [2.75, 3.05) is 6.61 Å². The molecule has 0 aromatic rings. The minimum absolute atomic E-state index is 0.251. The molecule has 8 nitrogen and oxygen atoms in total. The van der Waals surface area contributed by atoms with Gasteiger partial charge in [-0.1, -0.05) is 5.11 Å². The number of hydrogen-bond donors (Lipinski definition) is 2. The van der Waals surface area contributed by atoms with Gasteiger partial charge in [-0.15, -0.1) is 0 Å². The van der Waals surface area contributed by atoms with E-state index >= 15 is 0 Å². The first-order valence-corrected chi connectivity index (χ1v) is 4.90. The maximum absolute atomic E-state index is 11.0. The molecule has 0 spiro atoms. The summed E-state index contributed by atoms with van der Waals surface area (Å²) in [6.07, 6.45) is -2.11. The number of nitrogens with zero attached hydrogens (tertiary/aromatic N) is 3. The van der Waals surface area contributed by atoms with E-state index in [1.165, 1.54) is 6.92 Å². The van der Waals surface area contributed by atoms with Crippen molar-refractivity contribution in [3.8, 4) is 0 Å². The summed E-state index contributed by atoms with van der Waals surface area (Å²) in [5, 5.41) is 16.0. The zero-order valence-electron chi connectivity index (χ0n) is 8.61. The highest BCUT2D eigenvalue weighted by atomic mass is 16.7. The van der Waals surface area contributed by atoms with Gasteiger partial charge in [-0.05, 0) is 5.53 Å². The van der Waals surface area contributed by atoms with E-state index in [-0.39, 0.29) is 12.5 Å².